The Morgan fingerprint density at radius 1 is 1.55 bits per heavy atom. The molecule has 0 bridgehead atoms. The maximum atomic E-state index is 12.1. The van der Waals surface area contributed by atoms with Gasteiger partial charge in [-0.25, -0.2) is 13.8 Å². The quantitative estimate of drug-likeness (QED) is 0.791. The van der Waals surface area contributed by atoms with Gasteiger partial charge in [0.2, 0.25) is 5.88 Å². The summed E-state index contributed by atoms with van der Waals surface area (Å²) in [4.78, 5) is 15.8. The molecule has 1 saturated carbocycles. The number of hydrogen-bond donors (Lipinski definition) is 2. The third-order valence-corrected chi connectivity index (χ3v) is 3.28. The fraction of sp³-hybridized carbons (Fsp3) is 0.538. The van der Waals surface area contributed by atoms with E-state index in [9.17, 15) is 13.6 Å². The minimum absolute atomic E-state index is 0.0229. The number of pyridine rings is 1. The van der Waals surface area contributed by atoms with Gasteiger partial charge in [0.1, 0.15) is 5.56 Å². The van der Waals surface area contributed by atoms with Crippen LogP contribution in [0.2, 0.25) is 0 Å². The summed E-state index contributed by atoms with van der Waals surface area (Å²) in [5.74, 6) is -0.554. The minimum atomic E-state index is -2.63. The summed E-state index contributed by atoms with van der Waals surface area (Å²) in [7, 11) is 0. The van der Waals surface area contributed by atoms with Gasteiger partial charge in [-0.1, -0.05) is 0 Å². The van der Waals surface area contributed by atoms with Gasteiger partial charge < -0.3 is 15.2 Å². The highest BCUT2D eigenvalue weighted by atomic mass is 19.3. The van der Waals surface area contributed by atoms with Crippen LogP contribution in [0.4, 0.5) is 8.78 Å². The van der Waals surface area contributed by atoms with Crippen LogP contribution in [-0.4, -0.2) is 42.2 Å². The van der Waals surface area contributed by atoms with Crippen LogP contribution < -0.4 is 10.1 Å². The number of aliphatic hydroxyl groups is 1. The van der Waals surface area contributed by atoms with Crippen molar-refractivity contribution in [3.8, 4) is 5.88 Å². The first-order chi connectivity index (χ1) is 9.56. The Hall–Kier alpha value is -1.76. The van der Waals surface area contributed by atoms with Crippen molar-refractivity contribution < 1.29 is 23.4 Å². The zero-order valence-electron chi connectivity index (χ0n) is 10.8. The molecule has 110 valence electrons. The van der Waals surface area contributed by atoms with Crippen molar-refractivity contribution in [3.05, 3.63) is 23.9 Å². The van der Waals surface area contributed by atoms with Crippen molar-refractivity contribution in [2.75, 3.05) is 19.8 Å². The van der Waals surface area contributed by atoms with Crippen LogP contribution in [0.25, 0.3) is 0 Å². The summed E-state index contributed by atoms with van der Waals surface area (Å²) in [5.41, 5.74) is -0.108. The van der Waals surface area contributed by atoms with Crippen LogP contribution >= 0.6 is 0 Å². The molecular weight excluding hydrogens is 270 g/mol. The Morgan fingerprint density at radius 3 is 2.90 bits per heavy atom. The first-order valence-electron chi connectivity index (χ1n) is 6.31. The van der Waals surface area contributed by atoms with Gasteiger partial charge in [0.05, 0.1) is 6.61 Å². The van der Waals surface area contributed by atoms with Gasteiger partial charge in [-0.15, -0.1) is 0 Å². The molecule has 0 unspecified atom stereocenters. The molecule has 1 heterocycles. The zero-order valence-corrected chi connectivity index (χ0v) is 10.8. The number of ether oxygens (including phenoxy) is 1. The van der Waals surface area contributed by atoms with E-state index in [4.69, 9.17) is 9.84 Å². The molecule has 0 aromatic carbocycles. The number of aliphatic hydroxyl groups excluding tert-OH is 1. The van der Waals surface area contributed by atoms with Crippen molar-refractivity contribution in [2.24, 2.45) is 5.41 Å². The molecule has 1 aromatic rings. The minimum Gasteiger partial charge on any atom is -0.471 e. The summed E-state index contributed by atoms with van der Waals surface area (Å²) in [6, 6.07) is 2.99. The van der Waals surface area contributed by atoms with Gasteiger partial charge in [0.15, 0.2) is 6.61 Å². The highest BCUT2D eigenvalue weighted by molar-refractivity contribution is 5.96. The number of aromatic nitrogens is 1. The van der Waals surface area contributed by atoms with Crippen LogP contribution in [0, 0.1) is 5.41 Å². The normalized spacial score (nSPS) is 16.0. The second kappa shape index (κ2) is 6.13. The summed E-state index contributed by atoms with van der Waals surface area (Å²) in [5, 5.41) is 11.8. The Morgan fingerprint density at radius 2 is 2.30 bits per heavy atom. The number of carbonyl (C=O) groups is 1. The SMILES string of the molecule is O=C(NCC1(CO)CC1)c1cccnc1OCC(F)F. The average molecular weight is 286 g/mol. The zero-order chi connectivity index (χ0) is 14.6. The molecule has 1 aromatic heterocycles. The number of nitrogens with zero attached hydrogens (tertiary/aromatic N) is 1. The molecule has 7 heteroatoms. The van der Waals surface area contributed by atoms with Crippen LogP contribution in [-0.2, 0) is 0 Å². The van der Waals surface area contributed by atoms with E-state index in [0.29, 0.717) is 6.54 Å². The molecule has 1 aliphatic rings. The predicted molar refractivity (Wildman–Crippen MR) is 66.8 cm³/mol. The maximum Gasteiger partial charge on any atom is 0.272 e. The van der Waals surface area contributed by atoms with Crippen molar-refractivity contribution in [2.45, 2.75) is 19.3 Å². The number of alkyl halides is 2. The monoisotopic (exact) mass is 286 g/mol. The third-order valence-electron chi connectivity index (χ3n) is 3.28. The molecule has 0 radical (unpaired) electrons. The van der Waals surface area contributed by atoms with E-state index in [-0.39, 0.29) is 23.5 Å². The summed E-state index contributed by atoms with van der Waals surface area (Å²) in [6.45, 7) is -0.432. The Kier molecular flexibility index (Phi) is 4.49. The summed E-state index contributed by atoms with van der Waals surface area (Å²) in [6.07, 6.45) is 0.474. The van der Waals surface area contributed by atoms with Crippen molar-refractivity contribution in [1.29, 1.82) is 0 Å². The van der Waals surface area contributed by atoms with E-state index in [1.54, 1.807) is 0 Å². The third kappa shape index (κ3) is 3.63. The van der Waals surface area contributed by atoms with Gasteiger partial charge in [-0.05, 0) is 25.0 Å². The lowest BCUT2D eigenvalue weighted by Crippen LogP contribution is -2.32. The number of hydrogen-bond acceptors (Lipinski definition) is 4. The first-order valence-corrected chi connectivity index (χ1v) is 6.31. The Balaban J connectivity index is 1.98. The van der Waals surface area contributed by atoms with E-state index < -0.39 is 18.9 Å². The molecule has 0 aliphatic heterocycles. The van der Waals surface area contributed by atoms with Crippen LogP contribution in [0.3, 0.4) is 0 Å². The molecule has 0 atom stereocenters. The molecule has 2 rings (SSSR count). The lowest BCUT2D eigenvalue weighted by Gasteiger charge is -2.14. The van der Waals surface area contributed by atoms with Gasteiger partial charge in [0.25, 0.3) is 12.3 Å². The molecular formula is C13H16F2N2O3. The fourth-order valence-electron chi connectivity index (χ4n) is 1.75. The standard InChI is InChI=1S/C13H16F2N2O3/c14-10(15)6-20-12-9(2-1-5-16-12)11(19)17-7-13(8-18)3-4-13/h1-2,5,10,18H,3-4,6-8H2,(H,17,19). The topological polar surface area (TPSA) is 71.5 Å². The molecule has 20 heavy (non-hydrogen) atoms. The number of carbonyl (C=O) groups excluding carboxylic acids is 1. The van der Waals surface area contributed by atoms with Gasteiger partial charge in [0, 0.05) is 18.2 Å². The second-order valence-corrected chi connectivity index (χ2v) is 4.90. The first kappa shape index (κ1) is 14.6. The van der Waals surface area contributed by atoms with E-state index in [2.05, 4.69) is 10.3 Å². The van der Waals surface area contributed by atoms with Gasteiger partial charge in [-0.2, -0.15) is 0 Å². The second-order valence-electron chi connectivity index (χ2n) is 4.90. The van der Waals surface area contributed by atoms with E-state index in [1.165, 1.54) is 18.3 Å². The van der Waals surface area contributed by atoms with Crippen LogP contribution in [0.5, 0.6) is 5.88 Å². The number of halogens is 2. The predicted octanol–water partition coefficient (Wildman–Crippen LogP) is 1.23. The van der Waals surface area contributed by atoms with Crippen molar-refractivity contribution in [1.82, 2.24) is 10.3 Å². The molecule has 1 fully saturated rings. The van der Waals surface area contributed by atoms with Crippen LogP contribution in [0.1, 0.15) is 23.2 Å². The Bertz CT molecular complexity index is 478. The molecule has 0 saturated heterocycles. The molecule has 0 spiro atoms. The molecule has 1 amide bonds. The Labute approximate surface area is 115 Å². The largest absolute Gasteiger partial charge is 0.471 e. The summed E-state index contributed by atoms with van der Waals surface area (Å²) >= 11 is 0. The van der Waals surface area contributed by atoms with E-state index in [0.717, 1.165) is 12.8 Å². The lowest BCUT2D eigenvalue weighted by atomic mass is 10.1. The molecule has 2 N–H and O–H groups in total. The smallest absolute Gasteiger partial charge is 0.272 e. The highest BCUT2D eigenvalue weighted by Crippen LogP contribution is 2.44. The van der Waals surface area contributed by atoms with E-state index >= 15 is 0 Å². The lowest BCUT2D eigenvalue weighted by molar-refractivity contribution is 0.0770. The van der Waals surface area contributed by atoms with Gasteiger partial charge in [-0.3, -0.25) is 4.79 Å². The number of amides is 1. The van der Waals surface area contributed by atoms with Crippen molar-refractivity contribution in [3.63, 3.8) is 0 Å². The van der Waals surface area contributed by atoms with Crippen LogP contribution in [0.15, 0.2) is 18.3 Å². The summed E-state index contributed by atoms with van der Waals surface area (Å²) < 4.78 is 29.1. The van der Waals surface area contributed by atoms with Gasteiger partial charge >= 0.3 is 0 Å². The molecule has 1 aliphatic carbocycles. The number of rotatable bonds is 7. The average Bonchev–Trinajstić information content (AvgIpc) is 3.23. The maximum absolute atomic E-state index is 12.1. The highest BCUT2D eigenvalue weighted by Gasteiger charge is 2.42. The molecule has 5 nitrogen and oxygen atoms in total. The fourth-order valence-corrected chi connectivity index (χ4v) is 1.75. The van der Waals surface area contributed by atoms with Crippen molar-refractivity contribution >= 4 is 5.91 Å². The number of nitrogens with one attached hydrogen (secondary N) is 1. The van der Waals surface area contributed by atoms with E-state index in [1.807, 2.05) is 0 Å².